The van der Waals surface area contributed by atoms with Gasteiger partial charge in [0.15, 0.2) is 0 Å². The summed E-state index contributed by atoms with van der Waals surface area (Å²) < 4.78 is 0. The first-order chi connectivity index (χ1) is 10.5. The smallest absolute Gasteiger partial charge is 0.242 e. The predicted molar refractivity (Wildman–Crippen MR) is 93.5 cm³/mol. The van der Waals surface area contributed by atoms with Gasteiger partial charge in [-0.3, -0.25) is 4.79 Å². The zero-order valence-electron chi connectivity index (χ0n) is 14.4. The first-order valence-electron chi connectivity index (χ1n) is 8.36. The summed E-state index contributed by atoms with van der Waals surface area (Å²) in [5.74, 6) is 0.233. The van der Waals surface area contributed by atoms with Gasteiger partial charge in [0.2, 0.25) is 5.91 Å². The molecular weight excluding hydrogens is 274 g/mol. The number of carbonyl (C=O) groups excluding carboxylic acids is 1. The lowest BCUT2D eigenvalue weighted by molar-refractivity contribution is -0.129. The quantitative estimate of drug-likeness (QED) is 0.875. The van der Waals surface area contributed by atoms with Crippen molar-refractivity contribution in [1.29, 1.82) is 0 Å². The van der Waals surface area contributed by atoms with E-state index in [0.29, 0.717) is 6.54 Å². The van der Waals surface area contributed by atoms with Crippen molar-refractivity contribution in [2.24, 2.45) is 0 Å². The zero-order valence-corrected chi connectivity index (χ0v) is 14.4. The van der Waals surface area contributed by atoms with Crippen LogP contribution in [0.15, 0.2) is 24.3 Å². The SMILES string of the molecule is CCCN(CCC)C(=O)CN1CC(C)(C)Nc2ccccc21. The normalized spacial score (nSPS) is 15.9. The van der Waals surface area contributed by atoms with E-state index in [4.69, 9.17) is 0 Å². The summed E-state index contributed by atoms with van der Waals surface area (Å²) in [6.45, 7) is 11.6. The molecule has 0 bridgehead atoms. The molecule has 1 N–H and O–H groups in total. The summed E-state index contributed by atoms with van der Waals surface area (Å²) in [4.78, 5) is 16.9. The van der Waals surface area contributed by atoms with Crippen LogP contribution in [0.25, 0.3) is 0 Å². The summed E-state index contributed by atoms with van der Waals surface area (Å²) >= 11 is 0. The Morgan fingerprint density at radius 1 is 1.23 bits per heavy atom. The molecule has 1 heterocycles. The summed E-state index contributed by atoms with van der Waals surface area (Å²) in [7, 11) is 0. The molecule has 0 unspecified atom stereocenters. The zero-order chi connectivity index (χ0) is 16.2. The van der Waals surface area contributed by atoms with Gasteiger partial charge in [-0.1, -0.05) is 26.0 Å². The minimum absolute atomic E-state index is 0.0328. The fraction of sp³-hybridized carbons (Fsp3) is 0.611. The van der Waals surface area contributed by atoms with Gasteiger partial charge in [0, 0.05) is 25.2 Å². The Morgan fingerprint density at radius 2 is 1.86 bits per heavy atom. The highest BCUT2D eigenvalue weighted by Crippen LogP contribution is 2.33. The van der Waals surface area contributed by atoms with Crippen LogP contribution >= 0.6 is 0 Å². The number of hydrogen-bond acceptors (Lipinski definition) is 3. The number of carbonyl (C=O) groups is 1. The van der Waals surface area contributed by atoms with Gasteiger partial charge in [-0.25, -0.2) is 0 Å². The van der Waals surface area contributed by atoms with Gasteiger partial charge in [0.1, 0.15) is 0 Å². The van der Waals surface area contributed by atoms with Crippen LogP contribution in [-0.2, 0) is 4.79 Å². The number of hydrogen-bond donors (Lipinski definition) is 1. The highest BCUT2D eigenvalue weighted by Gasteiger charge is 2.30. The van der Waals surface area contributed by atoms with Crippen LogP contribution in [0, 0.1) is 0 Å². The number of rotatable bonds is 6. The Kier molecular flexibility index (Phi) is 5.33. The highest BCUT2D eigenvalue weighted by molar-refractivity contribution is 5.84. The van der Waals surface area contributed by atoms with Gasteiger partial charge in [0.25, 0.3) is 0 Å². The fourth-order valence-corrected chi connectivity index (χ4v) is 3.13. The third-order valence-corrected chi connectivity index (χ3v) is 3.97. The number of amides is 1. The summed E-state index contributed by atoms with van der Waals surface area (Å²) in [6.07, 6.45) is 2.02. The second-order valence-electron chi connectivity index (χ2n) is 6.76. The second-order valence-corrected chi connectivity index (χ2v) is 6.76. The second kappa shape index (κ2) is 7.03. The Hall–Kier alpha value is -1.71. The lowest BCUT2D eigenvalue weighted by Gasteiger charge is -2.42. The van der Waals surface area contributed by atoms with E-state index in [-0.39, 0.29) is 11.4 Å². The number of nitrogens with zero attached hydrogens (tertiary/aromatic N) is 2. The molecule has 0 atom stereocenters. The Labute approximate surface area is 134 Å². The Bertz CT molecular complexity index is 507. The van der Waals surface area contributed by atoms with Crippen molar-refractivity contribution in [3.05, 3.63) is 24.3 Å². The van der Waals surface area contributed by atoms with Crippen molar-refractivity contribution in [1.82, 2.24) is 4.90 Å². The van der Waals surface area contributed by atoms with E-state index in [1.807, 2.05) is 17.0 Å². The molecule has 0 fully saturated rings. The topological polar surface area (TPSA) is 35.6 Å². The minimum Gasteiger partial charge on any atom is -0.377 e. The third-order valence-electron chi connectivity index (χ3n) is 3.97. The van der Waals surface area contributed by atoms with Crippen molar-refractivity contribution in [3.8, 4) is 0 Å². The maximum absolute atomic E-state index is 12.7. The maximum atomic E-state index is 12.7. The van der Waals surface area contributed by atoms with E-state index in [9.17, 15) is 4.79 Å². The summed E-state index contributed by atoms with van der Waals surface area (Å²) in [6, 6.07) is 8.25. The Balaban J connectivity index is 2.16. The average Bonchev–Trinajstić information content (AvgIpc) is 2.45. The van der Waals surface area contributed by atoms with Gasteiger partial charge in [-0.2, -0.15) is 0 Å². The van der Waals surface area contributed by atoms with Crippen LogP contribution < -0.4 is 10.2 Å². The van der Waals surface area contributed by atoms with Crippen molar-refractivity contribution >= 4 is 17.3 Å². The van der Waals surface area contributed by atoms with E-state index in [1.165, 1.54) is 0 Å². The third kappa shape index (κ3) is 3.93. The molecule has 1 aromatic rings. The van der Waals surface area contributed by atoms with E-state index >= 15 is 0 Å². The highest BCUT2D eigenvalue weighted by atomic mass is 16.2. The van der Waals surface area contributed by atoms with Gasteiger partial charge in [-0.15, -0.1) is 0 Å². The largest absolute Gasteiger partial charge is 0.377 e. The predicted octanol–water partition coefficient (Wildman–Crippen LogP) is 3.35. The molecule has 0 spiro atoms. The van der Waals surface area contributed by atoms with E-state index in [2.05, 4.69) is 50.0 Å². The molecule has 4 heteroatoms. The summed E-state index contributed by atoms with van der Waals surface area (Å²) in [5, 5.41) is 3.55. The van der Waals surface area contributed by atoms with Crippen LogP contribution in [-0.4, -0.2) is 42.5 Å². The molecule has 2 rings (SSSR count). The van der Waals surface area contributed by atoms with Crippen molar-refractivity contribution in [2.45, 2.75) is 46.1 Å². The monoisotopic (exact) mass is 303 g/mol. The molecule has 1 amide bonds. The van der Waals surface area contributed by atoms with Gasteiger partial charge in [0.05, 0.1) is 17.9 Å². The van der Waals surface area contributed by atoms with Gasteiger partial charge >= 0.3 is 0 Å². The maximum Gasteiger partial charge on any atom is 0.242 e. The number of benzene rings is 1. The molecule has 1 aliphatic heterocycles. The average molecular weight is 303 g/mol. The number of para-hydroxylation sites is 2. The fourth-order valence-electron chi connectivity index (χ4n) is 3.13. The van der Waals surface area contributed by atoms with Crippen molar-refractivity contribution < 1.29 is 4.79 Å². The molecule has 22 heavy (non-hydrogen) atoms. The molecule has 0 aromatic heterocycles. The molecular formula is C18H29N3O. The van der Waals surface area contributed by atoms with Crippen LogP contribution in [0.2, 0.25) is 0 Å². The molecule has 1 aromatic carbocycles. The molecule has 1 aliphatic rings. The lowest BCUT2D eigenvalue weighted by atomic mass is 9.99. The van der Waals surface area contributed by atoms with Crippen LogP contribution in [0.4, 0.5) is 11.4 Å². The molecule has 0 radical (unpaired) electrons. The molecule has 122 valence electrons. The summed E-state index contributed by atoms with van der Waals surface area (Å²) in [5.41, 5.74) is 2.21. The van der Waals surface area contributed by atoms with Crippen molar-refractivity contribution in [2.75, 3.05) is 36.4 Å². The van der Waals surface area contributed by atoms with Crippen LogP contribution in [0.3, 0.4) is 0 Å². The molecule has 0 saturated carbocycles. The number of fused-ring (bicyclic) bond motifs is 1. The number of anilines is 2. The van der Waals surface area contributed by atoms with E-state index in [1.54, 1.807) is 0 Å². The Morgan fingerprint density at radius 3 is 2.50 bits per heavy atom. The van der Waals surface area contributed by atoms with Gasteiger partial charge in [-0.05, 0) is 38.8 Å². The number of nitrogens with one attached hydrogen (secondary N) is 1. The van der Waals surface area contributed by atoms with E-state index in [0.717, 1.165) is 43.9 Å². The van der Waals surface area contributed by atoms with Crippen LogP contribution in [0.5, 0.6) is 0 Å². The molecule has 0 aliphatic carbocycles. The molecule has 4 nitrogen and oxygen atoms in total. The van der Waals surface area contributed by atoms with Crippen LogP contribution in [0.1, 0.15) is 40.5 Å². The molecule has 0 saturated heterocycles. The van der Waals surface area contributed by atoms with E-state index < -0.39 is 0 Å². The first kappa shape index (κ1) is 16.7. The van der Waals surface area contributed by atoms with Crippen molar-refractivity contribution in [3.63, 3.8) is 0 Å². The lowest BCUT2D eigenvalue weighted by Crippen LogP contribution is -2.52. The standard InChI is InChI=1S/C18H29N3O/c1-5-11-20(12-6-2)17(22)13-21-14-18(3,4)19-15-9-7-8-10-16(15)21/h7-10,19H,5-6,11-14H2,1-4H3. The van der Waals surface area contributed by atoms with Gasteiger partial charge < -0.3 is 15.1 Å². The minimum atomic E-state index is -0.0328. The first-order valence-corrected chi connectivity index (χ1v) is 8.36.